The molecule has 0 spiro atoms. The van der Waals surface area contributed by atoms with Crippen LogP contribution in [0.4, 0.5) is 0 Å². The van der Waals surface area contributed by atoms with Gasteiger partial charge in [-0.2, -0.15) is 4.79 Å². The first-order valence-electron chi connectivity index (χ1n) is 6.89. The van der Waals surface area contributed by atoms with Crippen molar-refractivity contribution in [3.8, 4) is 22.5 Å². The van der Waals surface area contributed by atoms with Crippen LogP contribution in [0.25, 0.3) is 22.5 Å². The van der Waals surface area contributed by atoms with E-state index in [0.717, 1.165) is 40.1 Å². The van der Waals surface area contributed by atoms with Crippen LogP contribution in [0.1, 0.15) is 17.2 Å². The van der Waals surface area contributed by atoms with Gasteiger partial charge in [-0.25, -0.2) is 0 Å². The van der Waals surface area contributed by atoms with Gasteiger partial charge in [0.25, 0.3) is 0 Å². The zero-order chi connectivity index (χ0) is 14.4. The summed E-state index contributed by atoms with van der Waals surface area (Å²) in [5.41, 5.74) is 12.3. The molecule has 104 valence electrons. The molecule has 5 heteroatoms. The Bertz CT molecular complexity index is 821. The Morgan fingerprint density at radius 1 is 1.00 bits per heavy atom. The second-order valence-corrected chi connectivity index (χ2v) is 5.29. The van der Waals surface area contributed by atoms with Crippen molar-refractivity contribution in [3.63, 3.8) is 0 Å². The third kappa shape index (κ3) is 1.75. The zero-order valence-electron chi connectivity index (χ0n) is 11.4. The molecule has 0 bridgehead atoms. The van der Waals surface area contributed by atoms with Crippen LogP contribution in [0.3, 0.4) is 0 Å². The smallest absolute Gasteiger partial charge is 0.123 e. The van der Waals surface area contributed by atoms with E-state index in [9.17, 15) is 0 Å². The normalized spacial score (nSPS) is 16.3. The van der Waals surface area contributed by atoms with Gasteiger partial charge in [0.05, 0.1) is 0 Å². The van der Waals surface area contributed by atoms with Gasteiger partial charge in [0, 0.05) is 17.2 Å². The fraction of sp³-hybridized carbons (Fsp3) is 0.125. The minimum atomic E-state index is -0.0709. The minimum absolute atomic E-state index is 0.0709. The molecule has 4 rings (SSSR count). The summed E-state index contributed by atoms with van der Waals surface area (Å²) >= 11 is 0. The number of fused-ring (bicyclic) bond motifs is 5. The van der Waals surface area contributed by atoms with Crippen LogP contribution in [0.15, 0.2) is 48.5 Å². The van der Waals surface area contributed by atoms with Crippen molar-refractivity contribution < 1.29 is 0 Å². The molecule has 1 aliphatic carbocycles. The second-order valence-electron chi connectivity index (χ2n) is 5.29. The fourth-order valence-corrected chi connectivity index (χ4v) is 3.04. The van der Waals surface area contributed by atoms with Crippen molar-refractivity contribution in [2.24, 2.45) is 5.73 Å². The third-order valence-corrected chi connectivity index (χ3v) is 4.02. The van der Waals surface area contributed by atoms with E-state index in [2.05, 4.69) is 16.4 Å². The highest BCUT2D eigenvalue weighted by Gasteiger charge is 2.25. The molecular formula is C16H15N5. The van der Waals surface area contributed by atoms with Crippen molar-refractivity contribution >= 4 is 0 Å². The van der Waals surface area contributed by atoms with Gasteiger partial charge in [-0.3, -0.25) is 0 Å². The molecule has 1 aromatic heterocycles. The van der Waals surface area contributed by atoms with Gasteiger partial charge in [0.15, 0.2) is 0 Å². The summed E-state index contributed by atoms with van der Waals surface area (Å²) in [5.74, 6) is 6.00. The number of nitrogens with zero attached hydrogens (tertiary/aromatic N) is 3. The third-order valence-electron chi connectivity index (χ3n) is 4.02. The molecule has 1 unspecified atom stereocenters. The number of aromatic nitrogens is 3. The lowest BCUT2D eigenvalue weighted by Gasteiger charge is -2.21. The number of rotatable bonds is 0. The van der Waals surface area contributed by atoms with Gasteiger partial charge in [-0.05, 0) is 22.8 Å². The maximum atomic E-state index is 6.41. The standard InChI is InChI=1S/C16H15N5/c17-14-9-10-5-1-2-6-11(10)16-15(19-20-21(16)18)13-8-4-3-7-12(13)14/h1-8,14H,9,17-18H2. The SMILES string of the molecule is NC1Cc2ccccc2-c2c(nnn2N)-c2ccccc21. The van der Waals surface area contributed by atoms with Crippen molar-refractivity contribution in [3.05, 3.63) is 59.7 Å². The fourth-order valence-electron chi connectivity index (χ4n) is 3.04. The van der Waals surface area contributed by atoms with Crippen molar-refractivity contribution in [2.45, 2.75) is 12.5 Å². The minimum Gasteiger partial charge on any atom is -0.324 e. The highest BCUT2D eigenvalue weighted by Crippen LogP contribution is 2.38. The molecule has 0 saturated carbocycles. The van der Waals surface area contributed by atoms with Crippen LogP contribution in [0.2, 0.25) is 0 Å². The highest BCUT2D eigenvalue weighted by molar-refractivity contribution is 5.82. The van der Waals surface area contributed by atoms with Gasteiger partial charge >= 0.3 is 0 Å². The summed E-state index contributed by atoms with van der Waals surface area (Å²) in [5, 5.41) is 8.27. The monoisotopic (exact) mass is 277 g/mol. The van der Waals surface area contributed by atoms with E-state index in [1.54, 1.807) is 0 Å². The highest BCUT2D eigenvalue weighted by atomic mass is 15.6. The Morgan fingerprint density at radius 2 is 1.71 bits per heavy atom. The lowest BCUT2D eigenvalue weighted by atomic mass is 9.87. The Labute approximate surface area is 122 Å². The maximum Gasteiger partial charge on any atom is 0.123 e. The quantitative estimate of drug-likeness (QED) is 0.615. The molecular weight excluding hydrogens is 262 g/mol. The van der Waals surface area contributed by atoms with E-state index < -0.39 is 0 Å². The number of benzene rings is 2. The van der Waals surface area contributed by atoms with Crippen molar-refractivity contribution in [1.29, 1.82) is 0 Å². The van der Waals surface area contributed by atoms with Crippen LogP contribution in [-0.2, 0) is 6.42 Å². The van der Waals surface area contributed by atoms with Gasteiger partial charge in [0.1, 0.15) is 11.4 Å². The van der Waals surface area contributed by atoms with E-state index in [1.165, 1.54) is 4.79 Å². The molecule has 1 atom stereocenters. The van der Waals surface area contributed by atoms with E-state index in [-0.39, 0.29) is 6.04 Å². The second kappa shape index (κ2) is 4.43. The molecule has 4 N–H and O–H groups in total. The summed E-state index contributed by atoms with van der Waals surface area (Å²) in [6.45, 7) is 0. The Morgan fingerprint density at radius 3 is 2.57 bits per heavy atom. The maximum absolute atomic E-state index is 6.41. The zero-order valence-corrected chi connectivity index (χ0v) is 11.4. The molecule has 2 aromatic carbocycles. The topological polar surface area (TPSA) is 82.8 Å². The number of hydrogen-bond donors (Lipinski definition) is 2. The van der Waals surface area contributed by atoms with Gasteiger partial charge in [0.2, 0.25) is 0 Å². The molecule has 1 heterocycles. The van der Waals surface area contributed by atoms with Crippen LogP contribution < -0.4 is 11.6 Å². The molecule has 0 radical (unpaired) electrons. The van der Waals surface area contributed by atoms with E-state index in [4.69, 9.17) is 11.6 Å². The molecule has 1 aliphatic rings. The van der Waals surface area contributed by atoms with E-state index >= 15 is 0 Å². The predicted octanol–water partition coefficient (Wildman–Crippen LogP) is 1.88. The van der Waals surface area contributed by atoms with Gasteiger partial charge < -0.3 is 11.6 Å². The molecule has 0 fully saturated rings. The van der Waals surface area contributed by atoms with Crippen LogP contribution in [-0.4, -0.2) is 15.1 Å². The van der Waals surface area contributed by atoms with Crippen LogP contribution in [0.5, 0.6) is 0 Å². The summed E-state index contributed by atoms with van der Waals surface area (Å²) in [4.78, 5) is 1.35. The number of nitrogens with two attached hydrogens (primary N) is 2. The summed E-state index contributed by atoms with van der Waals surface area (Å²) in [6.07, 6.45) is 0.762. The number of hydrogen-bond acceptors (Lipinski definition) is 4. The van der Waals surface area contributed by atoms with Gasteiger partial charge in [-0.15, -0.1) is 5.10 Å². The lowest BCUT2D eigenvalue weighted by molar-refractivity contribution is 0.721. The molecule has 3 aromatic rings. The molecule has 0 amide bonds. The molecule has 5 nitrogen and oxygen atoms in total. The summed E-state index contributed by atoms with van der Waals surface area (Å²) < 4.78 is 0. The van der Waals surface area contributed by atoms with E-state index in [0.29, 0.717) is 0 Å². The predicted molar refractivity (Wildman–Crippen MR) is 81.7 cm³/mol. The first kappa shape index (κ1) is 12.1. The Hall–Kier alpha value is -2.66. The van der Waals surface area contributed by atoms with Crippen molar-refractivity contribution in [1.82, 2.24) is 15.1 Å². The average molecular weight is 277 g/mol. The lowest BCUT2D eigenvalue weighted by Crippen LogP contribution is -2.18. The van der Waals surface area contributed by atoms with Crippen molar-refractivity contribution in [2.75, 3.05) is 5.84 Å². The van der Waals surface area contributed by atoms with Gasteiger partial charge in [-0.1, -0.05) is 48.5 Å². The number of nitrogen functional groups attached to an aromatic ring is 1. The molecule has 21 heavy (non-hydrogen) atoms. The van der Waals surface area contributed by atoms with E-state index in [1.807, 2.05) is 42.5 Å². The summed E-state index contributed by atoms with van der Waals surface area (Å²) in [7, 11) is 0. The molecule has 0 saturated heterocycles. The van der Waals surface area contributed by atoms with Crippen LogP contribution >= 0.6 is 0 Å². The average Bonchev–Trinajstić information content (AvgIpc) is 2.88. The first-order chi connectivity index (χ1) is 10.3. The Balaban J connectivity index is 2.11. The first-order valence-corrected chi connectivity index (χ1v) is 6.89. The van der Waals surface area contributed by atoms with Crippen LogP contribution in [0, 0.1) is 0 Å². The summed E-state index contributed by atoms with van der Waals surface area (Å²) in [6, 6.07) is 16.1. The Kier molecular flexibility index (Phi) is 2.55. The molecule has 0 aliphatic heterocycles. The largest absolute Gasteiger partial charge is 0.324 e.